The predicted molar refractivity (Wildman–Crippen MR) is 106 cm³/mol. The van der Waals surface area contributed by atoms with E-state index in [0.29, 0.717) is 37.7 Å². The van der Waals surface area contributed by atoms with E-state index in [-0.39, 0.29) is 5.91 Å². The number of hydrogen-bond donors (Lipinski definition) is 0. The Labute approximate surface area is 167 Å². The zero-order chi connectivity index (χ0) is 19.3. The fraction of sp³-hybridized carbons (Fsp3) is 0.238. The average molecular weight is 396 g/mol. The van der Waals surface area contributed by atoms with Crippen molar-refractivity contribution in [2.45, 2.75) is 13.2 Å². The van der Waals surface area contributed by atoms with Crippen molar-refractivity contribution in [2.24, 2.45) is 0 Å². The second-order valence-corrected chi connectivity index (χ2v) is 7.15. The number of carbonyl (C=O) groups is 1. The Morgan fingerprint density at radius 3 is 2.86 bits per heavy atom. The Bertz CT molecular complexity index is 959. The predicted octanol–water partition coefficient (Wildman–Crippen LogP) is 3.77. The minimum atomic E-state index is -0.0750. The molecule has 0 saturated heterocycles. The van der Waals surface area contributed by atoms with E-state index in [4.69, 9.17) is 14.2 Å². The van der Waals surface area contributed by atoms with Crippen molar-refractivity contribution >= 4 is 17.2 Å². The number of benzene rings is 2. The van der Waals surface area contributed by atoms with Crippen LogP contribution in [0.15, 0.2) is 53.4 Å². The monoisotopic (exact) mass is 396 g/mol. The van der Waals surface area contributed by atoms with Gasteiger partial charge in [-0.1, -0.05) is 12.1 Å². The first-order valence-corrected chi connectivity index (χ1v) is 9.87. The van der Waals surface area contributed by atoms with Gasteiger partial charge in [0.2, 0.25) is 0 Å². The molecular formula is C21H20N2O4S. The van der Waals surface area contributed by atoms with Gasteiger partial charge >= 0.3 is 0 Å². The molecule has 0 N–H and O–H groups in total. The van der Waals surface area contributed by atoms with Crippen LogP contribution < -0.4 is 14.2 Å². The number of carbonyl (C=O) groups excluding carboxylic acids is 1. The summed E-state index contributed by atoms with van der Waals surface area (Å²) in [7, 11) is 1.78. The SMILES string of the molecule is CN(Cc1ccc2c(c1)OCCO2)C(=O)c1cccc(OCc2cscn2)c1. The van der Waals surface area contributed by atoms with Gasteiger partial charge in [0.05, 0.1) is 11.2 Å². The molecule has 1 amide bonds. The largest absolute Gasteiger partial charge is 0.487 e. The van der Waals surface area contributed by atoms with Gasteiger partial charge in [0.1, 0.15) is 25.6 Å². The van der Waals surface area contributed by atoms with Crippen molar-refractivity contribution < 1.29 is 19.0 Å². The maximum Gasteiger partial charge on any atom is 0.254 e. The van der Waals surface area contributed by atoms with E-state index in [1.165, 1.54) is 11.3 Å². The molecule has 2 aromatic carbocycles. The molecule has 0 aliphatic carbocycles. The van der Waals surface area contributed by atoms with Crippen molar-refractivity contribution in [3.63, 3.8) is 0 Å². The van der Waals surface area contributed by atoms with E-state index in [1.54, 1.807) is 29.6 Å². The number of hydrogen-bond acceptors (Lipinski definition) is 6. The average Bonchev–Trinajstić information content (AvgIpc) is 3.25. The number of ether oxygens (including phenoxy) is 3. The highest BCUT2D eigenvalue weighted by Crippen LogP contribution is 2.31. The zero-order valence-corrected chi connectivity index (χ0v) is 16.3. The Balaban J connectivity index is 1.41. The number of aromatic nitrogens is 1. The topological polar surface area (TPSA) is 60.9 Å². The standard InChI is InChI=1S/C21H20N2O4S/c1-23(11-15-5-6-19-20(9-15)26-8-7-25-19)21(24)16-3-2-4-18(10-16)27-12-17-13-28-14-22-17/h2-6,9-10,13-14H,7-8,11-12H2,1H3. The van der Waals surface area contributed by atoms with Crippen LogP contribution in [0.1, 0.15) is 21.6 Å². The Morgan fingerprint density at radius 2 is 2.04 bits per heavy atom. The Hall–Kier alpha value is -3.06. The summed E-state index contributed by atoms with van der Waals surface area (Å²) in [6.45, 7) is 1.96. The quantitative estimate of drug-likeness (QED) is 0.635. The summed E-state index contributed by atoms with van der Waals surface area (Å²) in [5.74, 6) is 2.04. The van der Waals surface area contributed by atoms with Crippen molar-refractivity contribution in [1.82, 2.24) is 9.88 Å². The van der Waals surface area contributed by atoms with E-state index in [1.807, 2.05) is 35.7 Å². The highest BCUT2D eigenvalue weighted by Gasteiger charge is 2.16. The highest BCUT2D eigenvalue weighted by atomic mass is 32.1. The van der Waals surface area contributed by atoms with Gasteiger partial charge in [-0.25, -0.2) is 4.98 Å². The number of amides is 1. The van der Waals surface area contributed by atoms with Crippen molar-refractivity contribution in [3.8, 4) is 17.2 Å². The van der Waals surface area contributed by atoms with Crippen LogP contribution in [0.25, 0.3) is 0 Å². The minimum absolute atomic E-state index is 0.0750. The summed E-state index contributed by atoms with van der Waals surface area (Å²) in [5, 5.41) is 1.94. The molecule has 28 heavy (non-hydrogen) atoms. The van der Waals surface area contributed by atoms with Crippen LogP contribution in [0.5, 0.6) is 17.2 Å². The van der Waals surface area contributed by atoms with Gasteiger partial charge in [-0.3, -0.25) is 4.79 Å². The van der Waals surface area contributed by atoms with Crippen LogP contribution in [0.3, 0.4) is 0 Å². The Kier molecular flexibility index (Phi) is 5.43. The van der Waals surface area contributed by atoms with Crippen LogP contribution in [0, 0.1) is 0 Å². The molecule has 7 heteroatoms. The smallest absolute Gasteiger partial charge is 0.254 e. The first-order valence-electron chi connectivity index (χ1n) is 8.93. The lowest BCUT2D eigenvalue weighted by molar-refractivity contribution is 0.0784. The molecule has 0 radical (unpaired) electrons. The molecule has 2 heterocycles. The molecular weight excluding hydrogens is 376 g/mol. The molecule has 1 aliphatic heterocycles. The van der Waals surface area contributed by atoms with Crippen LogP contribution in [0.2, 0.25) is 0 Å². The maximum absolute atomic E-state index is 12.8. The van der Waals surface area contributed by atoms with E-state index in [9.17, 15) is 4.79 Å². The third kappa shape index (κ3) is 4.26. The Morgan fingerprint density at radius 1 is 1.18 bits per heavy atom. The van der Waals surface area contributed by atoms with Crippen molar-refractivity contribution in [3.05, 3.63) is 70.2 Å². The first-order chi connectivity index (χ1) is 13.7. The lowest BCUT2D eigenvalue weighted by Crippen LogP contribution is -2.26. The molecule has 6 nitrogen and oxygen atoms in total. The maximum atomic E-state index is 12.8. The van der Waals surface area contributed by atoms with Crippen molar-refractivity contribution in [1.29, 1.82) is 0 Å². The molecule has 4 rings (SSSR count). The summed E-state index contributed by atoms with van der Waals surface area (Å²) < 4.78 is 16.9. The van der Waals surface area contributed by atoms with Gasteiger partial charge in [0, 0.05) is 24.5 Å². The summed E-state index contributed by atoms with van der Waals surface area (Å²) >= 11 is 1.53. The van der Waals surface area contributed by atoms with Crippen LogP contribution in [-0.2, 0) is 13.2 Å². The normalized spacial score (nSPS) is 12.5. The van der Waals surface area contributed by atoms with E-state index < -0.39 is 0 Å². The summed E-state index contributed by atoms with van der Waals surface area (Å²) in [5.41, 5.74) is 4.20. The number of nitrogens with zero attached hydrogens (tertiary/aromatic N) is 2. The minimum Gasteiger partial charge on any atom is -0.487 e. The summed E-state index contributed by atoms with van der Waals surface area (Å²) in [4.78, 5) is 18.7. The summed E-state index contributed by atoms with van der Waals surface area (Å²) in [6, 6.07) is 13.0. The zero-order valence-electron chi connectivity index (χ0n) is 15.5. The lowest BCUT2D eigenvalue weighted by atomic mass is 10.1. The van der Waals surface area contributed by atoms with E-state index in [0.717, 1.165) is 22.8 Å². The van der Waals surface area contributed by atoms with Gasteiger partial charge in [0.15, 0.2) is 11.5 Å². The van der Waals surface area contributed by atoms with Gasteiger partial charge < -0.3 is 19.1 Å². The third-order valence-electron chi connectivity index (χ3n) is 4.32. The lowest BCUT2D eigenvalue weighted by Gasteiger charge is -2.21. The highest BCUT2D eigenvalue weighted by molar-refractivity contribution is 7.07. The molecule has 0 atom stereocenters. The van der Waals surface area contributed by atoms with Gasteiger partial charge in [-0.2, -0.15) is 0 Å². The number of fused-ring (bicyclic) bond motifs is 1. The fourth-order valence-electron chi connectivity index (χ4n) is 2.94. The molecule has 0 unspecified atom stereocenters. The fourth-order valence-corrected chi connectivity index (χ4v) is 3.48. The van der Waals surface area contributed by atoms with Crippen LogP contribution in [0.4, 0.5) is 0 Å². The molecule has 144 valence electrons. The molecule has 0 fully saturated rings. The van der Waals surface area contributed by atoms with E-state index in [2.05, 4.69) is 4.98 Å². The van der Waals surface area contributed by atoms with Crippen LogP contribution >= 0.6 is 11.3 Å². The molecule has 0 spiro atoms. The molecule has 0 saturated carbocycles. The number of rotatable bonds is 6. The number of thiazole rings is 1. The van der Waals surface area contributed by atoms with Crippen LogP contribution in [-0.4, -0.2) is 36.1 Å². The molecule has 1 aliphatic rings. The van der Waals surface area contributed by atoms with Crippen molar-refractivity contribution in [2.75, 3.05) is 20.3 Å². The summed E-state index contributed by atoms with van der Waals surface area (Å²) in [6.07, 6.45) is 0. The second-order valence-electron chi connectivity index (χ2n) is 6.44. The van der Waals surface area contributed by atoms with Gasteiger partial charge in [-0.15, -0.1) is 11.3 Å². The van der Waals surface area contributed by atoms with Gasteiger partial charge in [0.25, 0.3) is 5.91 Å². The first kappa shape index (κ1) is 18.3. The molecule has 3 aromatic rings. The van der Waals surface area contributed by atoms with E-state index >= 15 is 0 Å². The molecule has 0 bridgehead atoms. The van der Waals surface area contributed by atoms with Gasteiger partial charge in [-0.05, 0) is 35.9 Å². The second kappa shape index (κ2) is 8.31. The third-order valence-corrected chi connectivity index (χ3v) is 4.96. The molecule has 1 aromatic heterocycles.